The van der Waals surface area contributed by atoms with E-state index in [-0.39, 0.29) is 11.6 Å². The minimum atomic E-state index is -0.179. The molecule has 1 heterocycles. The van der Waals surface area contributed by atoms with Crippen LogP contribution in [0.15, 0.2) is 60.3 Å². The van der Waals surface area contributed by atoms with Crippen LogP contribution in [0.3, 0.4) is 0 Å². The minimum Gasteiger partial charge on any atom is -0.488 e. The number of allylic oxidation sites excluding steroid dienone is 2. The zero-order valence-corrected chi connectivity index (χ0v) is 16.5. The van der Waals surface area contributed by atoms with Gasteiger partial charge in [0.25, 0.3) is 0 Å². The smallest absolute Gasteiger partial charge is 0.213 e. The highest BCUT2D eigenvalue weighted by Gasteiger charge is 2.29. The number of fused-ring (bicyclic) bond motifs is 1. The van der Waals surface area contributed by atoms with Gasteiger partial charge in [-0.05, 0) is 37.6 Å². The van der Waals surface area contributed by atoms with Gasteiger partial charge in [-0.1, -0.05) is 48.9 Å². The zero-order chi connectivity index (χ0) is 20.1. The van der Waals surface area contributed by atoms with Crippen LogP contribution in [0, 0.1) is 0 Å². The predicted octanol–water partition coefficient (Wildman–Crippen LogP) is 3.60. The van der Waals surface area contributed by atoms with Crippen LogP contribution in [-0.4, -0.2) is 42.6 Å². The SMILES string of the molecule is O=C1C=C(NCCN2CCCCC2)C(=O)c2c(OCc3ccccc3)cccc21. The van der Waals surface area contributed by atoms with Crippen molar-refractivity contribution < 1.29 is 14.3 Å². The fourth-order valence-corrected chi connectivity index (χ4v) is 3.90. The molecule has 4 rings (SSSR count). The summed E-state index contributed by atoms with van der Waals surface area (Å²) in [5, 5.41) is 3.18. The van der Waals surface area contributed by atoms with Gasteiger partial charge in [0.1, 0.15) is 12.4 Å². The van der Waals surface area contributed by atoms with E-state index in [0.29, 0.717) is 35.7 Å². The lowest BCUT2D eigenvalue weighted by atomic mass is 9.91. The van der Waals surface area contributed by atoms with Gasteiger partial charge in [-0.3, -0.25) is 9.59 Å². The van der Waals surface area contributed by atoms with Gasteiger partial charge in [-0.15, -0.1) is 0 Å². The van der Waals surface area contributed by atoms with E-state index >= 15 is 0 Å². The average Bonchev–Trinajstić information content (AvgIpc) is 2.77. The van der Waals surface area contributed by atoms with Crippen molar-refractivity contribution in [3.05, 3.63) is 77.0 Å². The lowest BCUT2D eigenvalue weighted by molar-refractivity contribution is 0.0973. The monoisotopic (exact) mass is 390 g/mol. The number of rotatable bonds is 7. The molecule has 0 bridgehead atoms. The highest BCUT2D eigenvalue weighted by atomic mass is 16.5. The van der Waals surface area contributed by atoms with E-state index in [0.717, 1.165) is 25.2 Å². The summed E-state index contributed by atoms with van der Waals surface area (Å²) in [5.41, 5.74) is 2.13. The molecule has 1 N–H and O–H groups in total. The number of hydrogen-bond donors (Lipinski definition) is 1. The van der Waals surface area contributed by atoms with Crippen molar-refractivity contribution in [2.75, 3.05) is 26.2 Å². The van der Waals surface area contributed by atoms with Crippen molar-refractivity contribution in [2.45, 2.75) is 25.9 Å². The summed E-state index contributed by atoms with van der Waals surface area (Å²) < 4.78 is 5.92. The van der Waals surface area contributed by atoms with Gasteiger partial charge in [0.15, 0.2) is 5.78 Å². The van der Waals surface area contributed by atoms with Crippen LogP contribution in [0.2, 0.25) is 0 Å². The summed E-state index contributed by atoms with van der Waals surface area (Å²) in [7, 11) is 0. The summed E-state index contributed by atoms with van der Waals surface area (Å²) in [6, 6.07) is 15.0. The fraction of sp³-hybridized carbons (Fsp3) is 0.333. The van der Waals surface area contributed by atoms with Crippen LogP contribution in [0.25, 0.3) is 0 Å². The first-order valence-corrected chi connectivity index (χ1v) is 10.3. The lowest BCUT2D eigenvalue weighted by Crippen LogP contribution is -2.37. The van der Waals surface area contributed by atoms with Gasteiger partial charge >= 0.3 is 0 Å². The molecule has 1 aliphatic carbocycles. The first-order chi connectivity index (χ1) is 14.2. The number of carbonyl (C=O) groups excluding carboxylic acids is 2. The van der Waals surface area contributed by atoms with E-state index in [2.05, 4.69) is 10.2 Å². The Balaban J connectivity index is 1.45. The Kier molecular flexibility index (Phi) is 6.06. The quantitative estimate of drug-likeness (QED) is 0.783. The van der Waals surface area contributed by atoms with Crippen LogP contribution in [0.5, 0.6) is 5.75 Å². The molecule has 2 aliphatic rings. The Hall–Kier alpha value is -2.92. The number of nitrogens with one attached hydrogen (secondary N) is 1. The molecular weight excluding hydrogens is 364 g/mol. The molecule has 0 radical (unpaired) electrons. The van der Waals surface area contributed by atoms with E-state index in [9.17, 15) is 9.59 Å². The normalized spacial score (nSPS) is 16.9. The van der Waals surface area contributed by atoms with E-state index in [1.54, 1.807) is 18.2 Å². The second-order valence-electron chi connectivity index (χ2n) is 7.53. The molecule has 5 heteroatoms. The molecule has 1 aliphatic heterocycles. The number of Topliss-reactive ketones (excluding diaryl/α,β-unsaturated/α-hetero) is 1. The second kappa shape index (κ2) is 9.05. The van der Waals surface area contributed by atoms with Crippen LogP contribution in [-0.2, 0) is 6.61 Å². The van der Waals surface area contributed by atoms with Gasteiger partial charge in [-0.2, -0.15) is 0 Å². The third kappa shape index (κ3) is 4.57. The fourth-order valence-electron chi connectivity index (χ4n) is 3.90. The van der Waals surface area contributed by atoms with Gasteiger partial charge < -0.3 is 15.0 Å². The topological polar surface area (TPSA) is 58.6 Å². The molecule has 29 heavy (non-hydrogen) atoms. The maximum absolute atomic E-state index is 13.1. The number of hydrogen-bond acceptors (Lipinski definition) is 5. The van der Waals surface area contributed by atoms with E-state index in [1.165, 1.54) is 25.3 Å². The van der Waals surface area contributed by atoms with Crippen molar-refractivity contribution in [1.82, 2.24) is 10.2 Å². The molecular formula is C24H26N2O3. The molecule has 0 atom stereocenters. The molecule has 2 aromatic carbocycles. The second-order valence-corrected chi connectivity index (χ2v) is 7.53. The van der Waals surface area contributed by atoms with E-state index < -0.39 is 0 Å². The summed E-state index contributed by atoms with van der Waals surface area (Å²) >= 11 is 0. The Labute approximate surface area is 171 Å². The highest BCUT2D eigenvalue weighted by molar-refractivity contribution is 6.25. The molecule has 0 aromatic heterocycles. The lowest BCUT2D eigenvalue weighted by Gasteiger charge is -2.27. The molecule has 1 fully saturated rings. The maximum Gasteiger partial charge on any atom is 0.213 e. The predicted molar refractivity (Wildman–Crippen MR) is 112 cm³/mol. The Morgan fingerprint density at radius 3 is 2.52 bits per heavy atom. The largest absolute Gasteiger partial charge is 0.488 e. The number of ether oxygens (including phenoxy) is 1. The van der Waals surface area contributed by atoms with Crippen molar-refractivity contribution in [1.29, 1.82) is 0 Å². The number of benzene rings is 2. The Bertz CT molecular complexity index is 915. The number of likely N-dealkylation sites (tertiary alicyclic amines) is 1. The molecule has 150 valence electrons. The first-order valence-electron chi connectivity index (χ1n) is 10.3. The standard InChI is InChI=1S/C24H26N2O3/c27-21-16-20(25-12-15-26-13-5-2-6-14-26)24(28)23-19(21)10-7-11-22(23)29-17-18-8-3-1-4-9-18/h1,3-4,7-11,16,25H,2,5-6,12-15,17H2. The highest BCUT2D eigenvalue weighted by Crippen LogP contribution is 2.29. The van der Waals surface area contributed by atoms with Crippen molar-refractivity contribution >= 4 is 11.6 Å². The summed E-state index contributed by atoms with van der Waals surface area (Å²) in [6.07, 6.45) is 5.18. The van der Waals surface area contributed by atoms with Crippen molar-refractivity contribution in [3.8, 4) is 5.75 Å². The third-order valence-electron chi connectivity index (χ3n) is 5.47. The number of carbonyl (C=O) groups is 2. The number of nitrogens with zero attached hydrogens (tertiary/aromatic N) is 1. The molecule has 0 amide bonds. The summed E-state index contributed by atoms with van der Waals surface area (Å²) in [5.74, 6) is 0.111. The number of piperidine rings is 1. The first kappa shape index (κ1) is 19.4. The maximum atomic E-state index is 13.1. The Morgan fingerprint density at radius 1 is 0.931 bits per heavy atom. The third-order valence-corrected chi connectivity index (χ3v) is 5.47. The molecule has 1 saturated heterocycles. The Morgan fingerprint density at radius 2 is 1.72 bits per heavy atom. The van der Waals surface area contributed by atoms with Crippen LogP contribution in [0.4, 0.5) is 0 Å². The molecule has 5 nitrogen and oxygen atoms in total. The van der Waals surface area contributed by atoms with Crippen LogP contribution < -0.4 is 10.1 Å². The summed E-state index contributed by atoms with van der Waals surface area (Å²) in [4.78, 5) is 28.1. The van der Waals surface area contributed by atoms with E-state index in [4.69, 9.17) is 4.74 Å². The van der Waals surface area contributed by atoms with Gasteiger partial charge in [0.2, 0.25) is 5.78 Å². The van der Waals surface area contributed by atoms with Gasteiger partial charge in [0, 0.05) is 24.7 Å². The van der Waals surface area contributed by atoms with Crippen LogP contribution >= 0.6 is 0 Å². The van der Waals surface area contributed by atoms with Crippen molar-refractivity contribution in [3.63, 3.8) is 0 Å². The molecule has 0 unspecified atom stereocenters. The number of ketones is 2. The molecule has 0 saturated carbocycles. The zero-order valence-electron chi connectivity index (χ0n) is 16.5. The van der Waals surface area contributed by atoms with Gasteiger partial charge in [-0.25, -0.2) is 0 Å². The van der Waals surface area contributed by atoms with Crippen molar-refractivity contribution in [2.24, 2.45) is 0 Å². The molecule has 0 spiro atoms. The van der Waals surface area contributed by atoms with E-state index in [1.807, 2.05) is 30.3 Å². The molecule has 2 aromatic rings. The van der Waals surface area contributed by atoms with Gasteiger partial charge in [0.05, 0.1) is 11.3 Å². The average molecular weight is 390 g/mol. The van der Waals surface area contributed by atoms with Crippen LogP contribution in [0.1, 0.15) is 45.5 Å². The minimum absolute atomic E-state index is 0.162. The summed E-state index contributed by atoms with van der Waals surface area (Å²) in [6.45, 7) is 4.08.